The molecule has 1 amide bonds. The number of alkyl halides is 1. The SMILES string of the molecule is Cc1nc(C)n(-c2nc(N3CCC(F)(C(=O)N(O)Cc4cc(F)cc(F)c4)CC3)ncc2F)n1. The van der Waals surface area contributed by atoms with Gasteiger partial charge in [-0.15, -0.1) is 5.10 Å². The van der Waals surface area contributed by atoms with Gasteiger partial charge in [0, 0.05) is 32.0 Å². The Labute approximate surface area is 191 Å². The van der Waals surface area contributed by atoms with Gasteiger partial charge in [-0.2, -0.15) is 9.67 Å². The molecule has 3 heterocycles. The third-order valence-corrected chi connectivity index (χ3v) is 5.50. The summed E-state index contributed by atoms with van der Waals surface area (Å²) in [6.07, 6.45) is 0.361. The number of amides is 1. The van der Waals surface area contributed by atoms with Gasteiger partial charge in [0.15, 0.2) is 17.3 Å². The van der Waals surface area contributed by atoms with Crippen LogP contribution in [0.1, 0.15) is 30.1 Å². The highest BCUT2D eigenvalue weighted by Gasteiger charge is 2.44. The van der Waals surface area contributed by atoms with Crippen LogP contribution in [0.25, 0.3) is 5.82 Å². The second kappa shape index (κ2) is 8.97. The van der Waals surface area contributed by atoms with E-state index >= 15 is 4.39 Å². The molecule has 1 fully saturated rings. The lowest BCUT2D eigenvalue weighted by atomic mass is 9.92. The number of benzene rings is 1. The number of carbonyl (C=O) groups is 1. The van der Waals surface area contributed by atoms with Crippen molar-refractivity contribution in [2.24, 2.45) is 0 Å². The Morgan fingerprint density at radius 2 is 1.76 bits per heavy atom. The molecule has 0 radical (unpaired) electrons. The van der Waals surface area contributed by atoms with Gasteiger partial charge < -0.3 is 4.90 Å². The average molecular weight is 479 g/mol. The molecule has 0 atom stereocenters. The summed E-state index contributed by atoms with van der Waals surface area (Å²) < 4.78 is 57.7. The number of hydrogen-bond acceptors (Lipinski definition) is 7. The van der Waals surface area contributed by atoms with Crippen LogP contribution < -0.4 is 4.90 Å². The molecule has 9 nitrogen and oxygen atoms in total. The second-order valence-corrected chi connectivity index (χ2v) is 8.05. The standard InChI is InChI=1S/C21H21F4N7O2/c1-12-27-13(2)32(29-12)18-17(24)10-26-20(28-18)30-5-3-21(25,4-6-30)19(33)31(34)11-14-7-15(22)9-16(23)8-14/h7-10,34H,3-6,11H2,1-2H3. The number of nitrogens with zero attached hydrogens (tertiary/aromatic N) is 7. The molecule has 2 aromatic heterocycles. The van der Waals surface area contributed by atoms with Gasteiger partial charge in [0.25, 0.3) is 5.91 Å². The monoisotopic (exact) mass is 479 g/mol. The first-order chi connectivity index (χ1) is 16.1. The summed E-state index contributed by atoms with van der Waals surface area (Å²) in [4.78, 5) is 26.4. The topological polar surface area (TPSA) is 100 Å². The Morgan fingerprint density at radius 1 is 1.12 bits per heavy atom. The summed E-state index contributed by atoms with van der Waals surface area (Å²) in [6, 6.07) is 2.53. The van der Waals surface area contributed by atoms with Crippen molar-refractivity contribution in [3.05, 3.63) is 59.1 Å². The summed E-state index contributed by atoms with van der Waals surface area (Å²) in [7, 11) is 0. The van der Waals surface area contributed by atoms with Crippen LogP contribution >= 0.6 is 0 Å². The van der Waals surface area contributed by atoms with Crippen LogP contribution in [0.2, 0.25) is 0 Å². The molecule has 1 N–H and O–H groups in total. The van der Waals surface area contributed by atoms with Crippen LogP contribution in [0, 0.1) is 31.3 Å². The van der Waals surface area contributed by atoms with E-state index in [2.05, 4.69) is 20.1 Å². The lowest BCUT2D eigenvalue weighted by Crippen LogP contribution is -2.51. The first-order valence-corrected chi connectivity index (χ1v) is 10.4. The maximum Gasteiger partial charge on any atom is 0.284 e. The summed E-state index contributed by atoms with van der Waals surface area (Å²) in [5.74, 6) is -2.82. The number of piperidine rings is 1. The minimum Gasteiger partial charge on any atom is -0.340 e. The minimum absolute atomic E-state index is 0.00507. The largest absolute Gasteiger partial charge is 0.340 e. The molecule has 1 aliphatic rings. The smallest absolute Gasteiger partial charge is 0.284 e. The van der Waals surface area contributed by atoms with Crippen LogP contribution in [0.4, 0.5) is 23.5 Å². The Morgan fingerprint density at radius 3 is 2.35 bits per heavy atom. The number of halogens is 4. The van der Waals surface area contributed by atoms with Crippen molar-refractivity contribution in [2.75, 3.05) is 18.0 Å². The van der Waals surface area contributed by atoms with Gasteiger partial charge in [0.05, 0.1) is 12.7 Å². The van der Waals surface area contributed by atoms with Crippen LogP contribution in [0.3, 0.4) is 0 Å². The average Bonchev–Trinajstić information content (AvgIpc) is 3.11. The van der Waals surface area contributed by atoms with Crippen LogP contribution in [0.5, 0.6) is 0 Å². The van der Waals surface area contributed by atoms with Crippen molar-refractivity contribution < 1.29 is 27.6 Å². The summed E-state index contributed by atoms with van der Waals surface area (Å²) in [6.45, 7) is 2.73. The molecule has 0 bridgehead atoms. The van der Waals surface area contributed by atoms with Gasteiger partial charge in [-0.3, -0.25) is 10.0 Å². The Bertz CT molecular complexity index is 1210. The fraction of sp³-hybridized carbons (Fsp3) is 0.381. The fourth-order valence-corrected chi connectivity index (χ4v) is 3.82. The van der Waals surface area contributed by atoms with Gasteiger partial charge >= 0.3 is 0 Å². The maximum atomic E-state index is 15.4. The summed E-state index contributed by atoms with van der Waals surface area (Å²) in [5, 5.41) is 14.3. The summed E-state index contributed by atoms with van der Waals surface area (Å²) in [5.41, 5.74) is -2.43. The number of hydroxylamine groups is 2. The molecule has 0 unspecified atom stereocenters. The molecule has 0 aliphatic carbocycles. The lowest BCUT2D eigenvalue weighted by molar-refractivity contribution is -0.183. The first kappa shape index (κ1) is 23.5. The van der Waals surface area contributed by atoms with Gasteiger partial charge in [-0.25, -0.2) is 32.6 Å². The van der Waals surface area contributed by atoms with Gasteiger partial charge in [0.2, 0.25) is 5.95 Å². The molecule has 34 heavy (non-hydrogen) atoms. The lowest BCUT2D eigenvalue weighted by Gasteiger charge is -2.36. The van der Waals surface area contributed by atoms with Crippen molar-refractivity contribution >= 4 is 11.9 Å². The number of hydrogen-bond donors (Lipinski definition) is 1. The van der Waals surface area contributed by atoms with Crippen molar-refractivity contribution in [3.8, 4) is 5.82 Å². The molecular formula is C21H21F4N7O2. The van der Waals surface area contributed by atoms with Crippen molar-refractivity contribution in [2.45, 2.75) is 38.9 Å². The molecule has 0 spiro atoms. The molecular weight excluding hydrogens is 458 g/mol. The molecule has 180 valence electrons. The molecule has 4 rings (SSSR count). The van der Waals surface area contributed by atoms with E-state index in [9.17, 15) is 23.2 Å². The van der Waals surface area contributed by atoms with Crippen molar-refractivity contribution in [1.82, 2.24) is 29.8 Å². The molecule has 13 heteroatoms. The number of carbonyl (C=O) groups excluding carboxylic acids is 1. The Balaban J connectivity index is 1.45. The zero-order valence-corrected chi connectivity index (χ0v) is 18.3. The number of rotatable bonds is 5. The predicted molar refractivity (Wildman–Crippen MR) is 110 cm³/mol. The van der Waals surface area contributed by atoms with E-state index < -0.39 is 35.6 Å². The first-order valence-electron chi connectivity index (χ1n) is 10.4. The van der Waals surface area contributed by atoms with E-state index in [0.29, 0.717) is 17.7 Å². The van der Waals surface area contributed by atoms with Crippen LogP contribution in [-0.2, 0) is 11.3 Å². The molecule has 1 aliphatic heterocycles. The molecule has 0 saturated carbocycles. The Hall–Kier alpha value is -3.61. The Kier molecular flexibility index (Phi) is 6.21. The zero-order valence-electron chi connectivity index (χ0n) is 18.3. The zero-order chi connectivity index (χ0) is 24.6. The minimum atomic E-state index is -2.40. The maximum absolute atomic E-state index is 15.4. The highest BCUT2D eigenvalue weighted by Crippen LogP contribution is 2.31. The van der Waals surface area contributed by atoms with Gasteiger partial charge in [-0.05, 0) is 31.5 Å². The number of aryl methyl sites for hydroxylation is 2. The van der Waals surface area contributed by atoms with E-state index in [0.717, 1.165) is 18.3 Å². The van der Waals surface area contributed by atoms with E-state index in [-0.39, 0.29) is 48.3 Å². The van der Waals surface area contributed by atoms with Crippen LogP contribution in [-0.4, -0.2) is 59.7 Å². The van der Waals surface area contributed by atoms with Crippen LogP contribution in [0.15, 0.2) is 24.4 Å². The molecule has 3 aromatic rings. The van der Waals surface area contributed by atoms with Crippen molar-refractivity contribution in [1.29, 1.82) is 0 Å². The van der Waals surface area contributed by atoms with E-state index in [1.165, 1.54) is 4.68 Å². The van der Waals surface area contributed by atoms with E-state index in [4.69, 9.17) is 0 Å². The van der Waals surface area contributed by atoms with Crippen molar-refractivity contribution in [3.63, 3.8) is 0 Å². The molecule has 1 aromatic carbocycles. The number of anilines is 1. The predicted octanol–water partition coefficient (Wildman–Crippen LogP) is 2.82. The van der Waals surface area contributed by atoms with Gasteiger partial charge in [-0.1, -0.05) is 0 Å². The summed E-state index contributed by atoms with van der Waals surface area (Å²) >= 11 is 0. The number of aromatic nitrogens is 5. The highest BCUT2D eigenvalue weighted by molar-refractivity contribution is 5.84. The highest BCUT2D eigenvalue weighted by atomic mass is 19.1. The fourth-order valence-electron chi connectivity index (χ4n) is 3.82. The van der Waals surface area contributed by atoms with E-state index in [1.54, 1.807) is 18.7 Å². The van der Waals surface area contributed by atoms with E-state index in [1.807, 2.05) is 0 Å². The third kappa shape index (κ3) is 4.69. The quantitative estimate of drug-likeness (QED) is 0.341. The molecule has 1 saturated heterocycles. The van der Waals surface area contributed by atoms with Gasteiger partial charge in [0.1, 0.15) is 23.3 Å². The third-order valence-electron chi connectivity index (χ3n) is 5.50. The second-order valence-electron chi connectivity index (χ2n) is 8.05. The normalized spacial score (nSPS) is 15.4.